The molecule has 2 aromatic rings. The highest BCUT2D eigenvalue weighted by Gasteiger charge is 2.30. The molecule has 2 aliphatic rings. The lowest BCUT2D eigenvalue weighted by molar-refractivity contribution is -0.122. The zero-order valence-corrected chi connectivity index (χ0v) is 18.1. The fourth-order valence-electron chi connectivity index (χ4n) is 3.63. The van der Waals surface area contributed by atoms with Crippen molar-refractivity contribution in [3.63, 3.8) is 0 Å². The molecule has 0 heterocycles. The van der Waals surface area contributed by atoms with Crippen molar-refractivity contribution >= 4 is 11.8 Å². The molecule has 164 valence electrons. The van der Waals surface area contributed by atoms with Crippen LogP contribution < -0.4 is 15.4 Å². The minimum Gasteiger partial charge on any atom is -0.497 e. The Balaban J connectivity index is 1.23. The van der Waals surface area contributed by atoms with E-state index in [-0.39, 0.29) is 11.8 Å². The van der Waals surface area contributed by atoms with Gasteiger partial charge in [0.15, 0.2) is 0 Å². The van der Waals surface area contributed by atoms with Crippen molar-refractivity contribution in [3.05, 3.63) is 65.2 Å². The maximum absolute atomic E-state index is 12.5. The molecule has 0 radical (unpaired) electrons. The Bertz CT molecular complexity index is 887. The number of hydrogen-bond acceptors (Lipinski definition) is 4. The summed E-state index contributed by atoms with van der Waals surface area (Å²) in [5.41, 5.74) is 3.00. The zero-order valence-electron chi connectivity index (χ0n) is 18.1. The lowest BCUT2D eigenvalue weighted by Crippen LogP contribution is -2.38. The molecule has 2 fully saturated rings. The molecule has 0 atom stereocenters. The highest BCUT2D eigenvalue weighted by atomic mass is 16.5. The van der Waals surface area contributed by atoms with E-state index < -0.39 is 0 Å². The Morgan fingerprint density at radius 3 is 2.26 bits per heavy atom. The van der Waals surface area contributed by atoms with E-state index in [0.29, 0.717) is 30.7 Å². The van der Waals surface area contributed by atoms with E-state index in [4.69, 9.17) is 4.74 Å². The topological polar surface area (TPSA) is 70.7 Å². The second-order valence-electron chi connectivity index (χ2n) is 8.53. The summed E-state index contributed by atoms with van der Waals surface area (Å²) in [6, 6.07) is 16.5. The van der Waals surface area contributed by atoms with Gasteiger partial charge in [0.05, 0.1) is 13.7 Å². The SMILES string of the molecule is COc1ccc(CCNC(=O)CN(Cc2ccc(C(=O)NC3CC3)cc2)C2CC2)cc1. The first-order valence-electron chi connectivity index (χ1n) is 11.1. The van der Waals surface area contributed by atoms with Crippen LogP contribution in [0.4, 0.5) is 0 Å². The number of carbonyl (C=O) groups excluding carboxylic acids is 2. The number of rotatable bonds is 11. The molecule has 0 bridgehead atoms. The molecule has 6 heteroatoms. The van der Waals surface area contributed by atoms with Gasteiger partial charge in [0.2, 0.25) is 5.91 Å². The highest BCUT2D eigenvalue weighted by molar-refractivity contribution is 5.94. The summed E-state index contributed by atoms with van der Waals surface area (Å²) in [6.45, 7) is 1.74. The number of nitrogens with one attached hydrogen (secondary N) is 2. The predicted octanol–water partition coefficient (Wildman–Crippen LogP) is 2.91. The molecular weight excluding hydrogens is 390 g/mol. The van der Waals surface area contributed by atoms with Gasteiger partial charge in [0.1, 0.15) is 5.75 Å². The third kappa shape index (κ3) is 6.56. The molecule has 0 aromatic heterocycles. The second kappa shape index (κ2) is 9.96. The number of benzene rings is 2. The normalized spacial score (nSPS) is 15.5. The molecular formula is C25H31N3O3. The van der Waals surface area contributed by atoms with Crippen LogP contribution in [0.15, 0.2) is 48.5 Å². The van der Waals surface area contributed by atoms with Crippen LogP contribution in [0.5, 0.6) is 5.75 Å². The van der Waals surface area contributed by atoms with E-state index in [0.717, 1.165) is 50.0 Å². The number of amides is 2. The lowest BCUT2D eigenvalue weighted by atomic mass is 10.1. The molecule has 0 unspecified atom stereocenters. The first kappa shape index (κ1) is 21.4. The van der Waals surface area contributed by atoms with Crippen LogP contribution in [-0.2, 0) is 17.8 Å². The summed E-state index contributed by atoms with van der Waals surface area (Å²) in [4.78, 5) is 26.9. The van der Waals surface area contributed by atoms with Gasteiger partial charge in [-0.3, -0.25) is 14.5 Å². The molecule has 2 amide bonds. The molecule has 2 N–H and O–H groups in total. The number of methoxy groups -OCH3 is 1. The average molecular weight is 422 g/mol. The number of carbonyl (C=O) groups is 2. The van der Waals surface area contributed by atoms with Gasteiger partial charge in [-0.2, -0.15) is 0 Å². The second-order valence-corrected chi connectivity index (χ2v) is 8.53. The van der Waals surface area contributed by atoms with Gasteiger partial charge < -0.3 is 15.4 Å². The lowest BCUT2D eigenvalue weighted by Gasteiger charge is -2.21. The summed E-state index contributed by atoms with van der Waals surface area (Å²) in [5, 5.41) is 6.06. The van der Waals surface area contributed by atoms with Crippen LogP contribution in [0, 0.1) is 0 Å². The smallest absolute Gasteiger partial charge is 0.251 e. The van der Waals surface area contributed by atoms with Gasteiger partial charge in [-0.25, -0.2) is 0 Å². The number of ether oxygens (including phenoxy) is 1. The maximum atomic E-state index is 12.5. The fraction of sp³-hybridized carbons (Fsp3) is 0.440. The van der Waals surface area contributed by atoms with Crippen LogP contribution in [0.2, 0.25) is 0 Å². The summed E-state index contributed by atoms with van der Waals surface area (Å²) >= 11 is 0. The van der Waals surface area contributed by atoms with Gasteiger partial charge in [0.25, 0.3) is 5.91 Å². The molecule has 31 heavy (non-hydrogen) atoms. The summed E-state index contributed by atoms with van der Waals surface area (Å²) in [6.07, 6.45) is 5.25. The Morgan fingerprint density at radius 2 is 1.65 bits per heavy atom. The van der Waals surface area contributed by atoms with E-state index >= 15 is 0 Å². The Labute approximate surface area is 184 Å². The van der Waals surface area contributed by atoms with E-state index in [1.54, 1.807) is 7.11 Å². The van der Waals surface area contributed by atoms with Crippen LogP contribution >= 0.6 is 0 Å². The van der Waals surface area contributed by atoms with Crippen LogP contribution in [-0.4, -0.2) is 49.0 Å². The molecule has 6 nitrogen and oxygen atoms in total. The monoisotopic (exact) mass is 421 g/mol. The van der Waals surface area contributed by atoms with Crippen molar-refractivity contribution < 1.29 is 14.3 Å². The van der Waals surface area contributed by atoms with Gasteiger partial charge in [-0.15, -0.1) is 0 Å². The van der Waals surface area contributed by atoms with Crippen molar-refractivity contribution in [2.24, 2.45) is 0 Å². The van der Waals surface area contributed by atoms with E-state index in [2.05, 4.69) is 15.5 Å². The molecule has 2 saturated carbocycles. The van der Waals surface area contributed by atoms with Crippen LogP contribution in [0.3, 0.4) is 0 Å². The van der Waals surface area contributed by atoms with Crippen molar-refractivity contribution in [2.45, 2.75) is 50.7 Å². The Kier molecular flexibility index (Phi) is 6.87. The first-order valence-corrected chi connectivity index (χ1v) is 11.1. The summed E-state index contributed by atoms with van der Waals surface area (Å²) in [5.74, 6) is 0.898. The molecule has 2 aromatic carbocycles. The number of hydrogen-bond donors (Lipinski definition) is 2. The van der Waals surface area contributed by atoms with Crippen molar-refractivity contribution in [1.82, 2.24) is 15.5 Å². The molecule has 4 rings (SSSR count). The van der Waals surface area contributed by atoms with Crippen molar-refractivity contribution in [1.29, 1.82) is 0 Å². The Morgan fingerprint density at radius 1 is 0.968 bits per heavy atom. The number of nitrogens with zero attached hydrogens (tertiary/aromatic N) is 1. The summed E-state index contributed by atoms with van der Waals surface area (Å²) in [7, 11) is 1.65. The van der Waals surface area contributed by atoms with Gasteiger partial charge in [-0.1, -0.05) is 24.3 Å². The van der Waals surface area contributed by atoms with Gasteiger partial charge >= 0.3 is 0 Å². The third-order valence-corrected chi connectivity index (χ3v) is 5.82. The van der Waals surface area contributed by atoms with E-state index in [1.807, 2.05) is 48.5 Å². The van der Waals surface area contributed by atoms with Crippen molar-refractivity contribution in [3.8, 4) is 5.75 Å². The van der Waals surface area contributed by atoms with Crippen LogP contribution in [0.25, 0.3) is 0 Å². The Hall–Kier alpha value is -2.86. The van der Waals surface area contributed by atoms with E-state index in [9.17, 15) is 9.59 Å². The summed E-state index contributed by atoms with van der Waals surface area (Å²) < 4.78 is 5.17. The molecule has 0 saturated heterocycles. The minimum atomic E-state index is 0.00402. The van der Waals surface area contributed by atoms with Gasteiger partial charge in [0, 0.05) is 30.7 Å². The first-order chi connectivity index (χ1) is 15.1. The predicted molar refractivity (Wildman–Crippen MR) is 120 cm³/mol. The van der Waals surface area contributed by atoms with Gasteiger partial charge in [-0.05, 0) is 67.5 Å². The molecule has 0 spiro atoms. The molecule has 2 aliphatic carbocycles. The minimum absolute atomic E-state index is 0.00402. The largest absolute Gasteiger partial charge is 0.497 e. The maximum Gasteiger partial charge on any atom is 0.251 e. The fourth-order valence-corrected chi connectivity index (χ4v) is 3.63. The average Bonchev–Trinajstić information content (AvgIpc) is 3.69. The standard InChI is InChI=1S/C25H31N3O3/c1-31-23-12-4-18(5-13-23)14-15-26-24(29)17-28(22-10-11-22)16-19-2-6-20(7-3-19)25(30)27-21-8-9-21/h2-7,12-13,21-22H,8-11,14-17H2,1H3,(H,26,29)(H,27,30). The zero-order chi connectivity index (χ0) is 21.6. The quantitative estimate of drug-likeness (QED) is 0.585. The van der Waals surface area contributed by atoms with E-state index in [1.165, 1.54) is 5.56 Å². The molecule has 0 aliphatic heterocycles. The highest BCUT2D eigenvalue weighted by Crippen LogP contribution is 2.28. The van der Waals surface area contributed by atoms with Crippen molar-refractivity contribution in [2.75, 3.05) is 20.2 Å². The third-order valence-electron chi connectivity index (χ3n) is 5.82. The van der Waals surface area contributed by atoms with Crippen LogP contribution in [0.1, 0.15) is 47.2 Å².